The molecule has 30 heavy (non-hydrogen) atoms. The maximum absolute atomic E-state index is 13.4. The number of rotatable bonds is 4. The highest BCUT2D eigenvalue weighted by atomic mass is 35.5. The molecule has 0 unspecified atom stereocenters. The van der Waals surface area contributed by atoms with Crippen molar-refractivity contribution in [2.75, 3.05) is 0 Å². The van der Waals surface area contributed by atoms with Gasteiger partial charge >= 0.3 is 0 Å². The van der Waals surface area contributed by atoms with E-state index in [0.717, 1.165) is 28.3 Å². The Morgan fingerprint density at radius 1 is 1.07 bits per heavy atom. The molecule has 2 aliphatic carbocycles. The van der Waals surface area contributed by atoms with Gasteiger partial charge in [0.25, 0.3) is 5.91 Å². The second-order valence-electron chi connectivity index (χ2n) is 8.80. The molecule has 3 nitrogen and oxygen atoms in total. The smallest absolute Gasteiger partial charge is 0.252 e. The quantitative estimate of drug-likeness (QED) is 0.488. The summed E-state index contributed by atoms with van der Waals surface area (Å²) in [5, 5.41) is 5.13. The van der Waals surface area contributed by atoms with Crippen molar-refractivity contribution in [3.8, 4) is 11.3 Å². The minimum Gasteiger partial charge on any atom is -0.349 e. The lowest BCUT2D eigenvalue weighted by Gasteiger charge is -2.28. The van der Waals surface area contributed by atoms with Crippen molar-refractivity contribution in [2.24, 2.45) is 17.8 Å². The van der Waals surface area contributed by atoms with Crippen LogP contribution in [0.15, 0.2) is 48.5 Å². The number of nitrogens with zero attached hydrogens (tertiary/aromatic N) is 1. The van der Waals surface area contributed by atoms with Gasteiger partial charge in [-0.25, -0.2) is 4.98 Å². The van der Waals surface area contributed by atoms with Crippen LogP contribution >= 0.6 is 23.2 Å². The molecule has 1 heterocycles. The van der Waals surface area contributed by atoms with E-state index >= 15 is 0 Å². The average Bonchev–Trinajstić information content (AvgIpc) is 3.38. The molecule has 2 fully saturated rings. The summed E-state index contributed by atoms with van der Waals surface area (Å²) >= 11 is 12.3. The van der Waals surface area contributed by atoms with E-state index in [1.807, 2.05) is 36.4 Å². The summed E-state index contributed by atoms with van der Waals surface area (Å²) in [6.45, 7) is 2.16. The standard InChI is InChI=1S/C25H24Cl2N2O/c1-14(19-11-15-6-7-16(19)10-15)28-25(30)20-13-24(17-8-9-21(26)22(27)12-17)29-23-5-3-2-4-18(20)23/h2-5,8-9,12-16,19H,6-7,10-11H2,1H3,(H,28,30)/t14-,15+,16+,19+/m1/s1. The van der Waals surface area contributed by atoms with Gasteiger partial charge in [-0.2, -0.15) is 0 Å². The molecule has 2 aromatic carbocycles. The molecule has 1 aromatic heterocycles. The molecular formula is C25H24Cl2N2O. The molecule has 1 N–H and O–H groups in total. The van der Waals surface area contributed by atoms with E-state index in [2.05, 4.69) is 12.2 Å². The summed E-state index contributed by atoms with van der Waals surface area (Å²) in [7, 11) is 0. The zero-order valence-electron chi connectivity index (χ0n) is 16.9. The second-order valence-corrected chi connectivity index (χ2v) is 9.62. The minimum absolute atomic E-state index is 0.0369. The first-order chi connectivity index (χ1) is 14.5. The molecule has 2 aliphatic rings. The number of hydrogen-bond acceptors (Lipinski definition) is 2. The number of nitrogens with one attached hydrogen (secondary N) is 1. The third-order valence-corrected chi connectivity index (χ3v) is 7.71. The predicted molar refractivity (Wildman–Crippen MR) is 123 cm³/mol. The van der Waals surface area contributed by atoms with Crippen LogP contribution in [0.4, 0.5) is 0 Å². The lowest BCUT2D eigenvalue weighted by molar-refractivity contribution is 0.0917. The molecule has 4 atom stereocenters. The van der Waals surface area contributed by atoms with Crippen LogP contribution in [-0.4, -0.2) is 16.9 Å². The first-order valence-corrected chi connectivity index (χ1v) is 11.4. The topological polar surface area (TPSA) is 42.0 Å². The van der Waals surface area contributed by atoms with Gasteiger partial charge in [0.05, 0.1) is 26.8 Å². The van der Waals surface area contributed by atoms with E-state index in [4.69, 9.17) is 28.2 Å². The number of carbonyl (C=O) groups excluding carboxylic acids is 1. The highest BCUT2D eigenvalue weighted by Crippen LogP contribution is 2.49. The molecule has 2 bridgehead atoms. The van der Waals surface area contributed by atoms with Crippen LogP contribution in [0.1, 0.15) is 43.0 Å². The average molecular weight is 439 g/mol. The number of halogens is 2. The van der Waals surface area contributed by atoms with Crippen molar-refractivity contribution in [3.63, 3.8) is 0 Å². The minimum atomic E-state index is -0.0369. The lowest BCUT2D eigenvalue weighted by atomic mass is 9.84. The highest BCUT2D eigenvalue weighted by Gasteiger charge is 2.42. The Bertz CT molecular complexity index is 1130. The van der Waals surface area contributed by atoms with Gasteiger partial charge in [0.2, 0.25) is 0 Å². The van der Waals surface area contributed by atoms with Crippen molar-refractivity contribution in [2.45, 2.75) is 38.6 Å². The number of pyridine rings is 1. The van der Waals surface area contributed by atoms with Gasteiger partial charge < -0.3 is 5.32 Å². The molecule has 0 aliphatic heterocycles. The summed E-state index contributed by atoms with van der Waals surface area (Å²) in [5.74, 6) is 2.19. The van der Waals surface area contributed by atoms with Crippen LogP contribution in [0.2, 0.25) is 10.0 Å². The van der Waals surface area contributed by atoms with Gasteiger partial charge in [-0.05, 0) is 68.2 Å². The normalized spacial score (nSPS) is 23.6. The third-order valence-electron chi connectivity index (χ3n) is 6.97. The van der Waals surface area contributed by atoms with Crippen molar-refractivity contribution in [1.29, 1.82) is 0 Å². The van der Waals surface area contributed by atoms with Crippen LogP contribution in [0, 0.1) is 17.8 Å². The summed E-state index contributed by atoms with van der Waals surface area (Å²) in [4.78, 5) is 18.1. The van der Waals surface area contributed by atoms with Crippen molar-refractivity contribution >= 4 is 40.0 Å². The summed E-state index contributed by atoms with van der Waals surface area (Å²) < 4.78 is 0. The SMILES string of the molecule is C[C@@H](NC(=O)c1cc(-c2ccc(Cl)c(Cl)c2)nc2ccccc12)[C@@H]1C[C@H]2CC[C@H]1C2. The predicted octanol–water partition coefficient (Wildman–Crippen LogP) is 6.76. The van der Waals surface area contributed by atoms with Crippen molar-refractivity contribution in [3.05, 3.63) is 64.1 Å². The number of aromatic nitrogens is 1. The Hall–Kier alpha value is -2.10. The Balaban J connectivity index is 1.49. The fraction of sp³-hybridized carbons (Fsp3) is 0.360. The van der Waals surface area contributed by atoms with E-state index in [-0.39, 0.29) is 11.9 Å². The molecule has 0 saturated heterocycles. The fourth-order valence-corrected chi connectivity index (χ4v) is 5.76. The fourth-order valence-electron chi connectivity index (χ4n) is 5.46. The number of hydrogen-bond donors (Lipinski definition) is 1. The van der Waals surface area contributed by atoms with E-state index in [1.165, 1.54) is 25.7 Å². The molecule has 1 amide bonds. The molecule has 154 valence electrons. The number of benzene rings is 2. The summed E-state index contributed by atoms with van der Waals surface area (Å²) in [6.07, 6.45) is 5.27. The Labute approximate surface area is 186 Å². The largest absolute Gasteiger partial charge is 0.349 e. The number of amides is 1. The first-order valence-electron chi connectivity index (χ1n) is 10.7. The van der Waals surface area contributed by atoms with E-state index in [9.17, 15) is 4.79 Å². The highest BCUT2D eigenvalue weighted by molar-refractivity contribution is 6.42. The van der Waals surface area contributed by atoms with E-state index < -0.39 is 0 Å². The molecule has 5 rings (SSSR count). The molecule has 0 spiro atoms. The lowest BCUT2D eigenvalue weighted by Crippen LogP contribution is -2.40. The monoisotopic (exact) mass is 438 g/mol. The van der Waals surface area contributed by atoms with Gasteiger partial charge in [0, 0.05) is 17.0 Å². The molecule has 5 heteroatoms. The van der Waals surface area contributed by atoms with Gasteiger partial charge in [-0.15, -0.1) is 0 Å². The number of fused-ring (bicyclic) bond motifs is 3. The van der Waals surface area contributed by atoms with Crippen molar-refractivity contribution < 1.29 is 4.79 Å². The number of carbonyl (C=O) groups is 1. The van der Waals surface area contributed by atoms with Crippen LogP contribution in [0.3, 0.4) is 0 Å². The Kier molecular flexibility index (Phi) is 5.20. The Morgan fingerprint density at radius 3 is 2.63 bits per heavy atom. The molecule has 3 aromatic rings. The van der Waals surface area contributed by atoms with Crippen LogP contribution in [0.25, 0.3) is 22.2 Å². The third kappa shape index (κ3) is 3.59. The number of para-hydroxylation sites is 1. The maximum atomic E-state index is 13.4. The maximum Gasteiger partial charge on any atom is 0.252 e. The summed E-state index contributed by atoms with van der Waals surface area (Å²) in [6, 6.07) is 15.2. The van der Waals surface area contributed by atoms with E-state index in [1.54, 1.807) is 12.1 Å². The van der Waals surface area contributed by atoms with Gasteiger partial charge in [0.15, 0.2) is 0 Å². The van der Waals surface area contributed by atoms with Crippen molar-refractivity contribution in [1.82, 2.24) is 10.3 Å². The van der Waals surface area contributed by atoms with Gasteiger partial charge in [-0.1, -0.05) is 53.9 Å². The van der Waals surface area contributed by atoms with Crippen LogP contribution < -0.4 is 5.32 Å². The van der Waals surface area contributed by atoms with E-state index in [0.29, 0.717) is 27.2 Å². The summed E-state index contributed by atoms with van der Waals surface area (Å²) in [5.41, 5.74) is 2.99. The first kappa shape index (κ1) is 19.8. The Morgan fingerprint density at radius 2 is 1.90 bits per heavy atom. The zero-order valence-corrected chi connectivity index (χ0v) is 18.4. The van der Waals surface area contributed by atoms with Gasteiger partial charge in [0.1, 0.15) is 0 Å². The van der Waals surface area contributed by atoms with Crippen LogP contribution in [-0.2, 0) is 0 Å². The molecule has 2 saturated carbocycles. The second kappa shape index (κ2) is 7.86. The van der Waals surface area contributed by atoms with Crippen LogP contribution in [0.5, 0.6) is 0 Å². The molecular weight excluding hydrogens is 415 g/mol. The van der Waals surface area contributed by atoms with Gasteiger partial charge in [-0.3, -0.25) is 4.79 Å². The zero-order chi connectivity index (χ0) is 20.8. The molecule has 0 radical (unpaired) electrons.